The van der Waals surface area contributed by atoms with E-state index in [1.165, 1.54) is 42.3 Å². The highest BCUT2D eigenvalue weighted by Gasteiger charge is 2.16. The molecule has 4 rings (SSSR count). The van der Waals surface area contributed by atoms with Crippen molar-refractivity contribution in [3.05, 3.63) is 72.8 Å². The van der Waals surface area contributed by atoms with Crippen LogP contribution >= 0.6 is 22.9 Å². The van der Waals surface area contributed by atoms with E-state index in [9.17, 15) is 14.4 Å². The number of aromatic nitrogens is 4. The second-order valence-corrected chi connectivity index (χ2v) is 8.33. The molecular weight excluding hydrogens is 426 g/mol. The van der Waals surface area contributed by atoms with Gasteiger partial charge in [0.2, 0.25) is 0 Å². The Hall–Kier alpha value is -3.30. The topological polar surface area (TPSA) is 98.9 Å². The molecular formula is C20H16ClN5O3S. The van der Waals surface area contributed by atoms with Crippen molar-refractivity contribution >= 4 is 45.0 Å². The number of nitrogens with one attached hydrogen (secondary N) is 1. The van der Waals surface area contributed by atoms with Crippen LogP contribution < -0.4 is 16.6 Å². The number of hydrogen-bond acceptors (Lipinski definition) is 6. The van der Waals surface area contributed by atoms with Crippen LogP contribution in [0.25, 0.3) is 22.3 Å². The number of carbonyl (C=O) groups is 1. The Bertz CT molecular complexity index is 1420. The van der Waals surface area contributed by atoms with Gasteiger partial charge >= 0.3 is 5.69 Å². The van der Waals surface area contributed by atoms with Crippen molar-refractivity contribution in [3.63, 3.8) is 0 Å². The normalized spacial score (nSPS) is 11.1. The van der Waals surface area contributed by atoms with Gasteiger partial charge in [-0.1, -0.05) is 23.7 Å². The van der Waals surface area contributed by atoms with E-state index < -0.39 is 17.2 Å². The molecule has 1 amide bonds. The largest absolute Gasteiger partial charge is 0.332 e. The third-order valence-electron chi connectivity index (χ3n) is 4.69. The zero-order chi connectivity index (χ0) is 21.6. The van der Waals surface area contributed by atoms with E-state index in [0.717, 1.165) is 20.7 Å². The lowest BCUT2D eigenvalue weighted by atomic mass is 10.1. The van der Waals surface area contributed by atoms with Crippen LogP contribution in [0.3, 0.4) is 0 Å². The van der Waals surface area contributed by atoms with Crippen molar-refractivity contribution in [1.82, 2.24) is 19.1 Å². The maximum absolute atomic E-state index is 12.7. The number of amides is 1. The van der Waals surface area contributed by atoms with Crippen molar-refractivity contribution in [1.29, 1.82) is 0 Å². The van der Waals surface area contributed by atoms with Crippen LogP contribution in [0.15, 0.2) is 46.1 Å². The first-order chi connectivity index (χ1) is 14.3. The van der Waals surface area contributed by atoms with Crippen LogP contribution in [0.4, 0.5) is 5.13 Å². The maximum atomic E-state index is 12.7. The number of fused-ring (bicyclic) bond motifs is 1. The first-order valence-corrected chi connectivity index (χ1v) is 10.1. The monoisotopic (exact) mass is 441 g/mol. The molecule has 152 valence electrons. The molecule has 8 nitrogen and oxygen atoms in total. The van der Waals surface area contributed by atoms with E-state index in [4.69, 9.17) is 11.6 Å². The summed E-state index contributed by atoms with van der Waals surface area (Å²) in [6.45, 7) is 1.92. The molecule has 10 heteroatoms. The number of carbonyl (C=O) groups excluding carboxylic acids is 1. The Kier molecular flexibility index (Phi) is 5.00. The third-order valence-corrected chi connectivity index (χ3v) is 5.83. The Morgan fingerprint density at radius 2 is 1.83 bits per heavy atom. The number of pyridine rings is 1. The minimum absolute atomic E-state index is 0.185. The van der Waals surface area contributed by atoms with Gasteiger partial charge < -0.3 is 0 Å². The quantitative estimate of drug-likeness (QED) is 0.527. The average molecular weight is 442 g/mol. The van der Waals surface area contributed by atoms with Crippen molar-refractivity contribution in [2.45, 2.75) is 6.92 Å². The van der Waals surface area contributed by atoms with Gasteiger partial charge in [0.15, 0.2) is 5.13 Å². The standard InChI is InChI=1S/C20H16ClN5O3S/c1-10-15(11-4-6-13(21)7-5-11)23-19(30-10)24-17(27)12-8-14-16(22-9-12)25(2)20(29)26(3)18(14)28/h4-9H,1-3H3,(H,23,24,27). The van der Waals surface area contributed by atoms with Crippen LogP contribution in [0.1, 0.15) is 15.2 Å². The summed E-state index contributed by atoms with van der Waals surface area (Å²) in [6.07, 6.45) is 1.33. The predicted molar refractivity (Wildman–Crippen MR) is 117 cm³/mol. The van der Waals surface area contributed by atoms with Gasteiger partial charge in [-0.2, -0.15) is 0 Å². The van der Waals surface area contributed by atoms with Crippen LogP contribution in [-0.4, -0.2) is 25.0 Å². The van der Waals surface area contributed by atoms with Gasteiger partial charge in [-0.3, -0.25) is 24.0 Å². The molecule has 0 radical (unpaired) electrons. The fourth-order valence-electron chi connectivity index (χ4n) is 3.08. The van der Waals surface area contributed by atoms with Gasteiger partial charge in [0.05, 0.1) is 16.6 Å². The highest BCUT2D eigenvalue weighted by atomic mass is 35.5. The second kappa shape index (κ2) is 7.51. The molecule has 3 aromatic heterocycles. The lowest BCUT2D eigenvalue weighted by Crippen LogP contribution is -2.37. The van der Waals surface area contributed by atoms with Crippen molar-refractivity contribution in [3.8, 4) is 11.3 Å². The fraction of sp³-hybridized carbons (Fsp3) is 0.150. The van der Waals surface area contributed by atoms with E-state index in [1.807, 2.05) is 19.1 Å². The molecule has 3 heterocycles. The minimum Gasteiger partial charge on any atom is -0.298 e. The summed E-state index contributed by atoms with van der Waals surface area (Å²) in [5.74, 6) is -0.447. The number of aryl methyl sites for hydroxylation is 2. The fourth-order valence-corrected chi connectivity index (χ4v) is 4.04. The molecule has 0 fully saturated rings. The number of rotatable bonds is 3. The van der Waals surface area contributed by atoms with E-state index in [-0.39, 0.29) is 16.6 Å². The zero-order valence-electron chi connectivity index (χ0n) is 16.3. The summed E-state index contributed by atoms with van der Waals surface area (Å²) < 4.78 is 2.25. The summed E-state index contributed by atoms with van der Waals surface area (Å²) in [7, 11) is 2.90. The number of thiazole rings is 1. The van der Waals surface area contributed by atoms with Crippen molar-refractivity contribution in [2.24, 2.45) is 14.1 Å². The van der Waals surface area contributed by atoms with E-state index in [1.54, 1.807) is 12.1 Å². The van der Waals surface area contributed by atoms with E-state index in [0.29, 0.717) is 10.2 Å². The lowest BCUT2D eigenvalue weighted by molar-refractivity contribution is 0.102. The summed E-state index contributed by atoms with van der Waals surface area (Å²) >= 11 is 7.28. The second-order valence-electron chi connectivity index (χ2n) is 6.69. The smallest absolute Gasteiger partial charge is 0.298 e. The number of hydrogen-bond donors (Lipinski definition) is 1. The molecule has 4 aromatic rings. The molecule has 0 aliphatic carbocycles. The molecule has 0 bridgehead atoms. The molecule has 30 heavy (non-hydrogen) atoms. The maximum Gasteiger partial charge on any atom is 0.332 e. The Morgan fingerprint density at radius 1 is 1.13 bits per heavy atom. The lowest BCUT2D eigenvalue weighted by Gasteiger charge is -2.07. The molecule has 0 atom stereocenters. The molecule has 1 N–H and O–H groups in total. The SMILES string of the molecule is Cc1sc(NC(=O)c2cnc3c(c2)c(=O)n(C)c(=O)n3C)nc1-c1ccc(Cl)cc1. The third kappa shape index (κ3) is 3.42. The Balaban J connectivity index is 1.67. The number of halogens is 1. The number of benzene rings is 1. The van der Waals surface area contributed by atoms with Gasteiger partial charge in [-0.25, -0.2) is 14.8 Å². The molecule has 0 spiro atoms. The Labute approximate surface area is 179 Å². The average Bonchev–Trinajstić information content (AvgIpc) is 3.10. The Morgan fingerprint density at radius 3 is 2.53 bits per heavy atom. The molecule has 1 aromatic carbocycles. The van der Waals surface area contributed by atoms with E-state index in [2.05, 4.69) is 15.3 Å². The highest BCUT2D eigenvalue weighted by molar-refractivity contribution is 7.16. The van der Waals surface area contributed by atoms with Crippen LogP contribution in [-0.2, 0) is 14.1 Å². The predicted octanol–water partition coefficient (Wildman–Crippen LogP) is 2.97. The molecule has 0 saturated carbocycles. The molecule has 0 aliphatic heterocycles. The van der Waals surface area contributed by atoms with Gasteiger partial charge in [0, 0.05) is 35.8 Å². The summed E-state index contributed by atoms with van der Waals surface area (Å²) in [5.41, 5.74) is 1.07. The number of anilines is 1. The van der Waals surface area contributed by atoms with Gasteiger partial charge in [0.1, 0.15) is 5.65 Å². The highest BCUT2D eigenvalue weighted by Crippen LogP contribution is 2.31. The van der Waals surface area contributed by atoms with Crippen LogP contribution in [0, 0.1) is 6.92 Å². The summed E-state index contributed by atoms with van der Waals surface area (Å²) in [6, 6.07) is 8.72. The molecule has 0 saturated heterocycles. The first kappa shape index (κ1) is 20.0. The van der Waals surface area contributed by atoms with Gasteiger partial charge in [-0.05, 0) is 25.1 Å². The minimum atomic E-state index is -0.509. The molecule has 0 aliphatic rings. The van der Waals surface area contributed by atoms with Crippen LogP contribution in [0.2, 0.25) is 5.02 Å². The van der Waals surface area contributed by atoms with Crippen LogP contribution in [0.5, 0.6) is 0 Å². The van der Waals surface area contributed by atoms with Crippen molar-refractivity contribution < 1.29 is 4.79 Å². The summed E-state index contributed by atoms with van der Waals surface area (Å²) in [5, 5.41) is 3.99. The van der Waals surface area contributed by atoms with Crippen molar-refractivity contribution in [2.75, 3.05) is 5.32 Å². The summed E-state index contributed by atoms with van der Waals surface area (Å²) in [4.78, 5) is 46.8. The number of nitrogens with zero attached hydrogens (tertiary/aromatic N) is 4. The van der Waals surface area contributed by atoms with Gasteiger partial charge in [0.25, 0.3) is 11.5 Å². The zero-order valence-corrected chi connectivity index (χ0v) is 17.8. The first-order valence-electron chi connectivity index (χ1n) is 8.86. The molecule has 0 unspecified atom stereocenters. The van der Waals surface area contributed by atoms with Gasteiger partial charge in [-0.15, -0.1) is 11.3 Å². The van der Waals surface area contributed by atoms with E-state index >= 15 is 0 Å².